The number of benzene rings is 1. The molecule has 1 N–H and O–H groups in total. The lowest BCUT2D eigenvalue weighted by atomic mass is 10.1. The second-order valence-electron chi connectivity index (χ2n) is 5.79. The van der Waals surface area contributed by atoms with Crippen molar-refractivity contribution in [2.45, 2.75) is 38.9 Å². The Labute approximate surface area is 119 Å². The fraction of sp³-hybridized carbons (Fsp3) is 0.500. The summed E-state index contributed by atoms with van der Waals surface area (Å²) in [5.41, 5.74) is 0. The van der Waals surface area contributed by atoms with Crippen molar-refractivity contribution >= 4 is 21.4 Å². The highest BCUT2D eigenvalue weighted by Crippen LogP contribution is 2.33. The first kappa shape index (κ1) is 13.1. The summed E-state index contributed by atoms with van der Waals surface area (Å²) in [6.45, 7) is 9.18. The normalized spacial score (nSPS) is 26.7. The molecule has 1 fully saturated rings. The van der Waals surface area contributed by atoms with Crippen molar-refractivity contribution in [2.75, 3.05) is 13.1 Å². The molecule has 2 heterocycles. The van der Waals surface area contributed by atoms with Crippen molar-refractivity contribution in [1.29, 1.82) is 0 Å². The van der Waals surface area contributed by atoms with Crippen LogP contribution in [0.15, 0.2) is 30.3 Å². The maximum absolute atomic E-state index is 3.60. The molecule has 19 heavy (non-hydrogen) atoms. The average Bonchev–Trinajstić information content (AvgIpc) is 2.80. The van der Waals surface area contributed by atoms with Crippen molar-refractivity contribution in [2.24, 2.45) is 0 Å². The Morgan fingerprint density at radius 2 is 1.89 bits per heavy atom. The van der Waals surface area contributed by atoms with Crippen molar-refractivity contribution in [3.63, 3.8) is 0 Å². The molecule has 1 aliphatic heterocycles. The number of rotatable bonds is 2. The van der Waals surface area contributed by atoms with Gasteiger partial charge in [-0.15, -0.1) is 11.3 Å². The maximum Gasteiger partial charge on any atom is 0.0415 e. The largest absolute Gasteiger partial charge is 0.309 e. The van der Waals surface area contributed by atoms with Crippen LogP contribution < -0.4 is 5.32 Å². The van der Waals surface area contributed by atoms with Gasteiger partial charge in [-0.2, -0.15) is 0 Å². The van der Waals surface area contributed by atoms with Crippen molar-refractivity contribution in [3.8, 4) is 0 Å². The lowest BCUT2D eigenvalue weighted by Gasteiger charge is -2.39. The summed E-state index contributed by atoms with van der Waals surface area (Å²) in [6, 6.07) is 12.7. The molecule has 1 saturated heterocycles. The van der Waals surface area contributed by atoms with Crippen LogP contribution in [-0.4, -0.2) is 30.1 Å². The minimum Gasteiger partial charge on any atom is -0.309 e. The van der Waals surface area contributed by atoms with Gasteiger partial charge in [-0.25, -0.2) is 0 Å². The SMILES string of the molecule is CC1CN(C(C)c2cc3ccccc3s2)CC(C)N1. The summed E-state index contributed by atoms with van der Waals surface area (Å²) in [5, 5.41) is 4.98. The lowest BCUT2D eigenvalue weighted by molar-refractivity contribution is 0.133. The number of nitrogens with one attached hydrogen (secondary N) is 1. The Morgan fingerprint density at radius 1 is 1.21 bits per heavy atom. The summed E-state index contributed by atoms with van der Waals surface area (Å²) in [6.07, 6.45) is 0. The molecular formula is C16H22N2S. The van der Waals surface area contributed by atoms with E-state index in [1.165, 1.54) is 15.0 Å². The van der Waals surface area contributed by atoms with Gasteiger partial charge in [-0.1, -0.05) is 18.2 Å². The number of nitrogens with zero attached hydrogens (tertiary/aromatic N) is 1. The molecule has 3 rings (SSSR count). The van der Waals surface area contributed by atoms with Crippen LogP contribution in [0.1, 0.15) is 31.7 Å². The average molecular weight is 274 g/mol. The zero-order valence-corrected chi connectivity index (χ0v) is 12.7. The first-order valence-corrected chi connectivity index (χ1v) is 7.93. The van der Waals surface area contributed by atoms with Gasteiger partial charge in [0.2, 0.25) is 0 Å². The minimum atomic E-state index is 0.518. The zero-order chi connectivity index (χ0) is 13.4. The molecule has 3 unspecified atom stereocenters. The third kappa shape index (κ3) is 2.69. The van der Waals surface area contributed by atoms with E-state index in [4.69, 9.17) is 0 Å². The number of hydrogen-bond donors (Lipinski definition) is 1. The van der Waals surface area contributed by atoms with Crippen LogP contribution in [0.5, 0.6) is 0 Å². The molecular weight excluding hydrogens is 252 g/mol. The molecule has 1 aliphatic rings. The van der Waals surface area contributed by atoms with Gasteiger partial charge in [0.15, 0.2) is 0 Å². The molecule has 2 aromatic rings. The van der Waals surface area contributed by atoms with Crippen LogP contribution in [0, 0.1) is 0 Å². The summed E-state index contributed by atoms with van der Waals surface area (Å²) in [5.74, 6) is 0. The molecule has 0 aliphatic carbocycles. The van der Waals surface area contributed by atoms with Gasteiger partial charge < -0.3 is 5.32 Å². The monoisotopic (exact) mass is 274 g/mol. The highest BCUT2D eigenvalue weighted by Gasteiger charge is 2.26. The van der Waals surface area contributed by atoms with E-state index in [9.17, 15) is 0 Å². The number of thiophene rings is 1. The van der Waals surface area contributed by atoms with E-state index in [2.05, 4.69) is 61.3 Å². The fourth-order valence-electron chi connectivity index (χ4n) is 3.07. The third-order valence-corrected chi connectivity index (χ3v) is 5.28. The van der Waals surface area contributed by atoms with Crippen LogP contribution in [0.2, 0.25) is 0 Å². The molecule has 2 nitrogen and oxygen atoms in total. The Hall–Kier alpha value is -0.900. The van der Waals surface area contributed by atoms with Crippen LogP contribution in [0.25, 0.3) is 10.1 Å². The van der Waals surface area contributed by atoms with E-state index in [0.717, 1.165) is 13.1 Å². The molecule has 0 bridgehead atoms. The summed E-state index contributed by atoms with van der Waals surface area (Å²) < 4.78 is 1.40. The van der Waals surface area contributed by atoms with E-state index < -0.39 is 0 Å². The standard InChI is InChI=1S/C16H22N2S/c1-11-9-18(10-12(2)17-11)13(3)16-8-14-6-4-5-7-15(14)19-16/h4-8,11-13,17H,9-10H2,1-3H3. The molecule has 0 spiro atoms. The van der Waals surface area contributed by atoms with Gasteiger partial charge in [-0.05, 0) is 38.3 Å². The van der Waals surface area contributed by atoms with E-state index in [1.54, 1.807) is 0 Å². The summed E-state index contributed by atoms with van der Waals surface area (Å²) in [4.78, 5) is 4.10. The van der Waals surface area contributed by atoms with Gasteiger partial charge >= 0.3 is 0 Å². The molecule has 0 saturated carbocycles. The Morgan fingerprint density at radius 3 is 2.58 bits per heavy atom. The fourth-order valence-corrected chi connectivity index (χ4v) is 4.22. The first-order chi connectivity index (χ1) is 9.13. The smallest absolute Gasteiger partial charge is 0.0415 e. The predicted octanol–water partition coefficient (Wildman–Crippen LogP) is 3.64. The Balaban J connectivity index is 1.84. The second-order valence-corrected chi connectivity index (χ2v) is 6.90. The molecule has 0 radical (unpaired) electrons. The number of hydrogen-bond acceptors (Lipinski definition) is 3. The van der Waals surface area contributed by atoms with Crippen molar-refractivity contribution < 1.29 is 0 Å². The second kappa shape index (κ2) is 5.23. The molecule has 1 aromatic heterocycles. The van der Waals surface area contributed by atoms with Crippen molar-refractivity contribution in [3.05, 3.63) is 35.2 Å². The van der Waals surface area contributed by atoms with Crippen LogP contribution >= 0.6 is 11.3 Å². The Bertz CT molecular complexity index is 520. The number of piperazine rings is 1. The van der Waals surface area contributed by atoms with E-state index in [1.807, 2.05) is 11.3 Å². The van der Waals surface area contributed by atoms with Gasteiger partial charge in [0.1, 0.15) is 0 Å². The van der Waals surface area contributed by atoms with Crippen LogP contribution in [0.4, 0.5) is 0 Å². The van der Waals surface area contributed by atoms with E-state index >= 15 is 0 Å². The van der Waals surface area contributed by atoms with Gasteiger partial charge in [0, 0.05) is 40.8 Å². The number of fused-ring (bicyclic) bond motifs is 1. The van der Waals surface area contributed by atoms with Crippen LogP contribution in [-0.2, 0) is 0 Å². The summed E-state index contributed by atoms with van der Waals surface area (Å²) >= 11 is 1.94. The molecule has 3 atom stereocenters. The first-order valence-electron chi connectivity index (χ1n) is 7.12. The van der Waals surface area contributed by atoms with E-state index in [0.29, 0.717) is 18.1 Å². The lowest BCUT2D eigenvalue weighted by Crippen LogP contribution is -2.54. The zero-order valence-electron chi connectivity index (χ0n) is 11.9. The van der Waals surface area contributed by atoms with Gasteiger partial charge in [0.25, 0.3) is 0 Å². The topological polar surface area (TPSA) is 15.3 Å². The molecule has 1 aromatic carbocycles. The highest BCUT2D eigenvalue weighted by atomic mass is 32.1. The highest BCUT2D eigenvalue weighted by molar-refractivity contribution is 7.19. The molecule has 0 amide bonds. The summed E-state index contributed by atoms with van der Waals surface area (Å²) in [7, 11) is 0. The van der Waals surface area contributed by atoms with Crippen LogP contribution in [0.3, 0.4) is 0 Å². The quantitative estimate of drug-likeness (QED) is 0.899. The van der Waals surface area contributed by atoms with Crippen molar-refractivity contribution in [1.82, 2.24) is 10.2 Å². The maximum atomic E-state index is 3.60. The third-order valence-electron chi connectivity index (χ3n) is 3.99. The van der Waals surface area contributed by atoms with E-state index in [-0.39, 0.29) is 0 Å². The molecule has 102 valence electrons. The van der Waals surface area contributed by atoms with Gasteiger partial charge in [-0.3, -0.25) is 4.90 Å². The molecule has 3 heteroatoms. The minimum absolute atomic E-state index is 0.518. The van der Waals surface area contributed by atoms with Gasteiger partial charge in [0.05, 0.1) is 0 Å². The predicted molar refractivity (Wildman–Crippen MR) is 83.9 cm³/mol. The Kier molecular flexibility index (Phi) is 3.61.